The van der Waals surface area contributed by atoms with Crippen LogP contribution in [-0.2, 0) is 23.8 Å². The first-order valence-electron chi connectivity index (χ1n) is 18.6. The summed E-state index contributed by atoms with van der Waals surface area (Å²) in [7, 11) is 0. The Balaban J connectivity index is 1.40. The molecule has 12 nitrogen and oxygen atoms in total. The van der Waals surface area contributed by atoms with E-state index in [4.69, 9.17) is 14.2 Å². The van der Waals surface area contributed by atoms with Crippen LogP contribution in [0.5, 0.6) is 0 Å². The topological polar surface area (TPSA) is 203 Å². The smallest absolute Gasteiger partial charge is 0.315 e. The van der Waals surface area contributed by atoms with Crippen LogP contribution >= 0.6 is 0 Å². The molecule has 284 valence electrons. The summed E-state index contributed by atoms with van der Waals surface area (Å²) >= 11 is 0. The predicted molar refractivity (Wildman–Crippen MR) is 179 cm³/mol. The molecule has 0 radical (unpaired) electrons. The number of hydrogen-bond acceptors (Lipinski definition) is 12. The third kappa shape index (κ3) is 5.06. The van der Waals surface area contributed by atoms with Gasteiger partial charge in [0.2, 0.25) is 6.29 Å². The van der Waals surface area contributed by atoms with Crippen molar-refractivity contribution in [2.45, 2.75) is 148 Å². The van der Waals surface area contributed by atoms with Crippen LogP contribution in [0.1, 0.15) is 99.8 Å². The Morgan fingerprint density at radius 3 is 2.20 bits per heavy atom. The van der Waals surface area contributed by atoms with E-state index < -0.39 is 94.6 Å². The van der Waals surface area contributed by atoms with Crippen molar-refractivity contribution in [3.63, 3.8) is 0 Å². The van der Waals surface area contributed by atoms with Gasteiger partial charge in [0.15, 0.2) is 0 Å². The molecule has 0 aromatic carbocycles. The Bertz CT molecular complexity index is 1380. The predicted octanol–water partition coefficient (Wildman–Crippen LogP) is 1.98. The molecule has 1 saturated heterocycles. The number of carbonyl (C=O) groups excluding carboxylic acids is 2. The highest BCUT2D eigenvalue weighted by Crippen LogP contribution is 2.76. The first-order chi connectivity index (χ1) is 23.2. The molecule has 6 rings (SSSR count). The van der Waals surface area contributed by atoms with Crippen molar-refractivity contribution >= 4 is 11.9 Å². The lowest BCUT2D eigenvalue weighted by Gasteiger charge is -2.72. The molecular formula is C38H60O12. The number of ether oxygens (including phenoxy) is 3. The summed E-state index contributed by atoms with van der Waals surface area (Å²) < 4.78 is 17.2. The molecular weight excluding hydrogens is 648 g/mol. The number of carbonyl (C=O) groups is 2. The van der Waals surface area contributed by atoms with E-state index in [-0.39, 0.29) is 29.8 Å². The number of hydrogen-bond donors (Lipinski definition) is 7. The fourth-order valence-electron chi connectivity index (χ4n) is 12.7. The van der Waals surface area contributed by atoms with E-state index in [9.17, 15) is 45.3 Å². The van der Waals surface area contributed by atoms with Crippen molar-refractivity contribution in [1.29, 1.82) is 0 Å². The van der Waals surface area contributed by atoms with Gasteiger partial charge in [-0.2, -0.15) is 0 Å². The summed E-state index contributed by atoms with van der Waals surface area (Å²) in [6.45, 7) is 12.9. The quantitative estimate of drug-likeness (QED) is 0.162. The first kappa shape index (κ1) is 38.1. The van der Waals surface area contributed by atoms with Gasteiger partial charge in [-0.05, 0) is 92.3 Å². The fourth-order valence-corrected chi connectivity index (χ4v) is 12.7. The maximum Gasteiger partial charge on any atom is 0.315 e. The molecule has 1 heterocycles. The second kappa shape index (κ2) is 12.5. The normalized spacial score (nSPS) is 54.6. The molecule has 12 heteroatoms. The van der Waals surface area contributed by atoms with Crippen LogP contribution in [0.25, 0.3) is 0 Å². The molecule has 0 spiro atoms. The Labute approximate surface area is 295 Å². The lowest BCUT2D eigenvalue weighted by atomic mass is 9.33. The Hall–Kier alpha value is -1.64. The average molecular weight is 709 g/mol. The van der Waals surface area contributed by atoms with Crippen molar-refractivity contribution in [3.8, 4) is 0 Å². The Kier molecular flexibility index (Phi) is 9.50. The molecule has 0 aromatic heterocycles. The number of aliphatic hydroxyl groups is 7. The van der Waals surface area contributed by atoms with Gasteiger partial charge in [-0.15, -0.1) is 0 Å². The molecule has 0 bridgehead atoms. The molecule has 0 unspecified atom stereocenters. The standard InChI is InChI=1S/C38H60O12/c1-19-10-13-38(32(46)50-31-28(44)27(43)26(42)23(17-39)49-31)15-14-35(5)21(29(38)37(19,7)47)8-9-25-33(3)16-22(48-20(2)41)30(45)34(4,18-40)24(33)11-12-36(25,35)6/h8,19,22-31,39-40,42-45,47H,9-18H2,1-7H3/t19-,22-,23-,24-,25-,26-,27+,28-,29+,30+,31+,33+,34+,35-,36-,37-,38+/m1/s1. The number of allylic oxidation sites excluding steroid dienone is 1. The lowest BCUT2D eigenvalue weighted by Crippen LogP contribution is -2.70. The van der Waals surface area contributed by atoms with Crippen LogP contribution in [0.2, 0.25) is 0 Å². The zero-order valence-electron chi connectivity index (χ0n) is 30.7. The van der Waals surface area contributed by atoms with Gasteiger partial charge >= 0.3 is 11.9 Å². The maximum atomic E-state index is 14.5. The van der Waals surface area contributed by atoms with E-state index in [2.05, 4.69) is 26.8 Å². The fraction of sp³-hybridized carbons (Fsp3) is 0.895. The van der Waals surface area contributed by atoms with Crippen LogP contribution in [0.3, 0.4) is 0 Å². The molecule has 4 saturated carbocycles. The van der Waals surface area contributed by atoms with E-state index in [1.54, 1.807) is 6.92 Å². The van der Waals surface area contributed by atoms with Gasteiger partial charge in [0.05, 0.1) is 30.3 Å². The van der Waals surface area contributed by atoms with Crippen LogP contribution in [0.15, 0.2) is 11.6 Å². The number of fused-ring (bicyclic) bond motifs is 7. The monoisotopic (exact) mass is 708 g/mol. The van der Waals surface area contributed by atoms with Gasteiger partial charge in [0, 0.05) is 18.3 Å². The summed E-state index contributed by atoms with van der Waals surface area (Å²) in [5.41, 5.74) is -3.49. The second-order valence-corrected chi connectivity index (χ2v) is 18.1. The van der Waals surface area contributed by atoms with E-state index in [0.29, 0.717) is 38.5 Å². The van der Waals surface area contributed by atoms with E-state index in [1.165, 1.54) is 6.92 Å². The minimum Gasteiger partial charge on any atom is -0.460 e. The van der Waals surface area contributed by atoms with Gasteiger partial charge in [-0.3, -0.25) is 9.59 Å². The lowest BCUT2D eigenvalue weighted by molar-refractivity contribution is -0.299. The summed E-state index contributed by atoms with van der Waals surface area (Å²) in [5, 5.41) is 75.9. The molecule has 50 heavy (non-hydrogen) atoms. The maximum absolute atomic E-state index is 14.5. The zero-order valence-corrected chi connectivity index (χ0v) is 30.7. The zero-order chi connectivity index (χ0) is 37.0. The summed E-state index contributed by atoms with van der Waals surface area (Å²) in [5.74, 6) is -1.83. The molecule has 5 aliphatic carbocycles. The van der Waals surface area contributed by atoms with Gasteiger partial charge in [-0.25, -0.2) is 0 Å². The molecule has 6 aliphatic rings. The third-order valence-corrected chi connectivity index (χ3v) is 15.9. The third-order valence-electron chi connectivity index (χ3n) is 15.9. The molecule has 7 N–H and O–H groups in total. The van der Waals surface area contributed by atoms with E-state index >= 15 is 0 Å². The largest absolute Gasteiger partial charge is 0.460 e. The molecule has 17 atom stereocenters. The Morgan fingerprint density at radius 1 is 0.900 bits per heavy atom. The van der Waals surface area contributed by atoms with E-state index in [1.807, 2.05) is 13.8 Å². The van der Waals surface area contributed by atoms with Gasteiger partial charge in [0.25, 0.3) is 0 Å². The summed E-state index contributed by atoms with van der Waals surface area (Å²) in [6.07, 6.45) is -2.75. The summed E-state index contributed by atoms with van der Waals surface area (Å²) in [4.78, 5) is 26.7. The first-order valence-corrected chi connectivity index (χ1v) is 18.6. The molecule has 1 aliphatic heterocycles. The highest BCUT2D eigenvalue weighted by Gasteiger charge is 2.73. The highest BCUT2D eigenvalue weighted by molar-refractivity contribution is 5.79. The minimum absolute atomic E-state index is 0.0348. The number of aliphatic hydroxyl groups excluding tert-OH is 6. The van der Waals surface area contributed by atoms with Crippen molar-refractivity contribution < 1.29 is 59.5 Å². The summed E-state index contributed by atoms with van der Waals surface area (Å²) in [6, 6.07) is 0. The highest BCUT2D eigenvalue weighted by atomic mass is 16.7. The van der Waals surface area contributed by atoms with Crippen LogP contribution in [-0.4, -0.2) is 109 Å². The van der Waals surface area contributed by atoms with Gasteiger partial charge in [-0.1, -0.05) is 46.3 Å². The Morgan fingerprint density at radius 2 is 1.58 bits per heavy atom. The van der Waals surface area contributed by atoms with Crippen LogP contribution < -0.4 is 0 Å². The molecule has 0 aromatic rings. The van der Waals surface area contributed by atoms with E-state index in [0.717, 1.165) is 18.4 Å². The minimum atomic E-state index is -1.73. The van der Waals surface area contributed by atoms with Gasteiger partial charge < -0.3 is 50.0 Å². The second-order valence-electron chi connectivity index (χ2n) is 18.1. The van der Waals surface area contributed by atoms with Crippen molar-refractivity contribution in [2.75, 3.05) is 13.2 Å². The number of esters is 2. The molecule has 0 amide bonds. The van der Waals surface area contributed by atoms with Crippen molar-refractivity contribution in [1.82, 2.24) is 0 Å². The van der Waals surface area contributed by atoms with Crippen LogP contribution in [0.4, 0.5) is 0 Å². The van der Waals surface area contributed by atoms with Crippen molar-refractivity contribution in [3.05, 3.63) is 11.6 Å². The van der Waals surface area contributed by atoms with Gasteiger partial charge in [0.1, 0.15) is 30.5 Å². The van der Waals surface area contributed by atoms with Crippen LogP contribution in [0, 0.1) is 50.7 Å². The number of rotatable bonds is 5. The average Bonchev–Trinajstić information content (AvgIpc) is 3.05. The SMILES string of the molecule is CC(=O)O[C@@H]1C[C@@]2(C)[C@@H](CC[C@]3(C)[C@@H]2CC=C2[C@@H]4[C@](C(=O)O[C@@H]5O[C@H](CO)[C@@H](O)[C@H](O)[C@H]5O)(CC[C@@H](C)[C@@]4(C)O)CC[C@]23C)[C@](C)(CO)[C@H]1O. The molecule has 5 fully saturated rings. The van der Waals surface area contributed by atoms with Crippen molar-refractivity contribution in [2.24, 2.45) is 50.7 Å².